The SMILES string of the molecule is CC1(O)CCN(c2cccc(F)c2)CC1. The van der Waals surface area contributed by atoms with E-state index in [1.54, 1.807) is 12.1 Å². The van der Waals surface area contributed by atoms with Crippen molar-refractivity contribution in [3.05, 3.63) is 30.1 Å². The van der Waals surface area contributed by atoms with Crippen LogP contribution in [0, 0.1) is 5.82 Å². The third kappa shape index (κ3) is 2.48. The molecule has 82 valence electrons. The molecule has 0 atom stereocenters. The van der Waals surface area contributed by atoms with Crippen molar-refractivity contribution >= 4 is 5.69 Å². The van der Waals surface area contributed by atoms with Gasteiger partial charge in [-0.15, -0.1) is 0 Å². The predicted octanol–water partition coefficient (Wildman–Crippen LogP) is 2.18. The molecule has 3 heteroatoms. The molecule has 0 unspecified atom stereocenters. The molecule has 1 saturated heterocycles. The maximum Gasteiger partial charge on any atom is 0.125 e. The van der Waals surface area contributed by atoms with Gasteiger partial charge in [0.15, 0.2) is 0 Å². The number of nitrogens with zero attached hydrogens (tertiary/aromatic N) is 1. The van der Waals surface area contributed by atoms with E-state index in [4.69, 9.17) is 0 Å². The van der Waals surface area contributed by atoms with Crippen molar-refractivity contribution in [3.63, 3.8) is 0 Å². The standard InChI is InChI=1S/C12H16FNO/c1-12(15)5-7-14(8-6-12)11-4-2-3-10(13)9-11/h2-4,9,15H,5-8H2,1H3. The first-order chi connectivity index (χ1) is 7.07. The van der Waals surface area contributed by atoms with Gasteiger partial charge in [-0.3, -0.25) is 0 Å². The molecular formula is C12H16FNO. The van der Waals surface area contributed by atoms with E-state index < -0.39 is 5.60 Å². The molecule has 15 heavy (non-hydrogen) atoms. The maximum absolute atomic E-state index is 13.0. The first-order valence-corrected chi connectivity index (χ1v) is 5.30. The van der Waals surface area contributed by atoms with Crippen LogP contribution in [0.5, 0.6) is 0 Å². The number of halogens is 1. The van der Waals surface area contributed by atoms with E-state index >= 15 is 0 Å². The summed E-state index contributed by atoms with van der Waals surface area (Å²) in [6.07, 6.45) is 1.48. The van der Waals surface area contributed by atoms with Crippen LogP contribution in [0.2, 0.25) is 0 Å². The number of hydrogen-bond donors (Lipinski definition) is 1. The minimum atomic E-state index is -0.552. The Balaban J connectivity index is 2.08. The van der Waals surface area contributed by atoms with E-state index in [0.717, 1.165) is 31.6 Å². The predicted molar refractivity (Wildman–Crippen MR) is 58.5 cm³/mol. The molecule has 1 aliphatic rings. The fourth-order valence-corrected chi connectivity index (χ4v) is 1.92. The number of aliphatic hydroxyl groups is 1. The topological polar surface area (TPSA) is 23.5 Å². The van der Waals surface area contributed by atoms with Crippen LogP contribution >= 0.6 is 0 Å². The van der Waals surface area contributed by atoms with Gasteiger partial charge in [0.2, 0.25) is 0 Å². The van der Waals surface area contributed by atoms with Crippen molar-refractivity contribution in [2.45, 2.75) is 25.4 Å². The maximum atomic E-state index is 13.0. The van der Waals surface area contributed by atoms with Crippen LogP contribution in [0.4, 0.5) is 10.1 Å². The van der Waals surface area contributed by atoms with Gasteiger partial charge in [0.1, 0.15) is 5.82 Å². The molecule has 0 amide bonds. The fraction of sp³-hybridized carbons (Fsp3) is 0.500. The van der Waals surface area contributed by atoms with Crippen LogP contribution in [0.25, 0.3) is 0 Å². The molecule has 2 nitrogen and oxygen atoms in total. The minimum Gasteiger partial charge on any atom is -0.390 e. The number of rotatable bonds is 1. The van der Waals surface area contributed by atoms with Crippen LogP contribution in [0.15, 0.2) is 24.3 Å². The van der Waals surface area contributed by atoms with Gasteiger partial charge in [0.25, 0.3) is 0 Å². The lowest BCUT2D eigenvalue weighted by Crippen LogP contribution is -2.42. The van der Waals surface area contributed by atoms with Gasteiger partial charge < -0.3 is 10.0 Å². The second-order valence-electron chi connectivity index (χ2n) is 4.46. The molecule has 0 spiro atoms. The van der Waals surface area contributed by atoms with E-state index in [1.807, 2.05) is 13.0 Å². The summed E-state index contributed by atoms with van der Waals surface area (Å²) in [5.41, 5.74) is 0.356. The summed E-state index contributed by atoms with van der Waals surface area (Å²) >= 11 is 0. The Kier molecular flexibility index (Phi) is 2.65. The zero-order valence-corrected chi connectivity index (χ0v) is 8.91. The molecule has 0 radical (unpaired) electrons. The number of piperidine rings is 1. The van der Waals surface area contributed by atoms with E-state index in [2.05, 4.69) is 4.90 Å². The fourth-order valence-electron chi connectivity index (χ4n) is 1.92. The summed E-state index contributed by atoms with van der Waals surface area (Å²) in [7, 11) is 0. The minimum absolute atomic E-state index is 0.204. The van der Waals surface area contributed by atoms with Crippen molar-refractivity contribution in [3.8, 4) is 0 Å². The summed E-state index contributed by atoms with van der Waals surface area (Å²) in [6.45, 7) is 3.43. The summed E-state index contributed by atoms with van der Waals surface area (Å²) < 4.78 is 13.0. The molecule has 1 aliphatic heterocycles. The van der Waals surface area contributed by atoms with Crippen molar-refractivity contribution in [1.29, 1.82) is 0 Å². The van der Waals surface area contributed by atoms with E-state index in [1.165, 1.54) is 6.07 Å². The highest BCUT2D eigenvalue weighted by Gasteiger charge is 2.27. The Morgan fingerprint density at radius 3 is 2.60 bits per heavy atom. The number of anilines is 1. The Morgan fingerprint density at radius 2 is 2.00 bits per heavy atom. The van der Waals surface area contributed by atoms with Crippen molar-refractivity contribution in [2.75, 3.05) is 18.0 Å². The first kappa shape index (κ1) is 10.4. The molecular weight excluding hydrogens is 193 g/mol. The smallest absolute Gasteiger partial charge is 0.125 e. The Hall–Kier alpha value is -1.09. The van der Waals surface area contributed by atoms with Gasteiger partial charge in [0, 0.05) is 18.8 Å². The monoisotopic (exact) mass is 209 g/mol. The lowest BCUT2D eigenvalue weighted by molar-refractivity contribution is 0.0351. The third-order valence-corrected chi connectivity index (χ3v) is 3.01. The molecule has 0 bridgehead atoms. The average Bonchev–Trinajstić information content (AvgIpc) is 2.17. The van der Waals surface area contributed by atoms with Gasteiger partial charge in [-0.2, -0.15) is 0 Å². The normalized spacial score (nSPS) is 20.3. The van der Waals surface area contributed by atoms with Crippen LogP contribution < -0.4 is 4.90 Å². The van der Waals surface area contributed by atoms with Crippen molar-refractivity contribution < 1.29 is 9.50 Å². The second kappa shape index (κ2) is 3.81. The molecule has 1 aromatic rings. The van der Waals surface area contributed by atoms with E-state index in [0.29, 0.717) is 0 Å². The van der Waals surface area contributed by atoms with Gasteiger partial charge in [-0.25, -0.2) is 4.39 Å². The molecule has 1 fully saturated rings. The molecule has 2 rings (SSSR count). The Labute approximate surface area is 89.3 Å². The number of hydrogen-bond acceptors (Lipinski definition) is 2. The summed E-state index contributed by atoms with van der Waals surface area (Å²) in [5, 5.41) is 9.79. The van der Waals surface area contributed by atoms with Gasteiger partial charge in [-0.05, 0) is 38.0 Å². The highest BCUT2D eigenvalue weighted by atomic mass is 19.1. The quantitative estimate of drug-likeness (QED) is 0.766. The van der Waals surface area contributed by atoms with E-state index in [-0.39, 0.29) is 5.82 Å². The van der Waals surface area contributed by atoms with Crippen LogP contribution in [0.1, 0.15) is 19.8 Å². The van der Waals surface area contributed by atoms with Crippen molar-refractivity contribution in [1.82, 2.24) is 0 Å². The summed E-state index contributed by atoms with van der Waals surface area (Å²) in [4.78, 5) is 2.11. The Bertz CT molecular complexity index is 341. The summed E-state index contributed by atoms with van der Waals surface area (Å²) in [5.74, 6) is -0.204. The second-order valence-corrected chi connectivity index (χ2v) is 4.46. The molecule has 0 aliphatic carbocycles. The summed E-state index contributed by atoms with van der Waals surface area (Å²) in [6, 6.07) is 6.62. The molecule has 1 heterocycles. The van der Waals surface area contributed by atoms with Crippen LogP contribution in [0.3, 0.4) is 0 Å². The van der Waals surface area contributed by atoms with Gasteiger partial charge in [-0.1, -0.05) is 6.07 Å². The highest BCUT2D eigenvalue weighted by molar-refractivity contribution is 5.46. The average molecular weight is 209 g/mol. The molecule has 1 aromatic carbocycles. The van der Waals surface area contributed by atoms with Gasteiger partial charge >= 0.3 is 0 Å². The number of benzene rings is 1. The zero-order valence-electron chi connectivity index (χ0n) is 8.91. The molecule has 1 N–H and O–H groups in total. The van der Waals surface area contributed by atoms with Crippen molar-refractivity contribution in [2.24, 2.45) is 0 Å². The lowest BCUT2D eigenvalue weighted by Gasteiger charge is -2.37. The largest absolute Gasteiger partial charge is 0.390 e. The van der Waals surface area contributed by atoms with Crippen LogP contribution in [-0.4, -0.2) is 23.8 Å². The first-order valence-electron chi connectivity index (χ1n) is 5.30. The lowest BCUT2D eigenvalue weighted by atomic mass is 9.93. The van der Waals surface area contributed by atoms with Gasteiger partial charge in [0.05, 0.1) is 5.60 Å². The van der Waals surface area contributed by atoms with Crippen LogP contribution in [-0.2, 0) is 0 Å². The zero-order chi connectivity index (χ0) is 10.9. The molecule has 0 aromatic heterocycles. The molecule has 0 saturated carbocycles. The highest BCUT2D eigenvalue weighted by Crippen LogP contribution is 2.25. The van der Waals surface area contributed by atoms with E-state index in [9.17, 15) is 9.50 Å². The third-order valence-electron chi connectivity index (χ3n) is 3.01. The Morgan fingerprint density at radius 1 is 1.33 bits per heavy atom.